The van der Waals surface area contributed by atoms with Crippen molar-refractivity contribution in [3.05, 3.63) is 29.8 Å². The standard InChI is InChI=1S/C14H21NO3/c1-15(2)13(8-5-9-14(16)17)11-6-4-7-12(10-11)18-3/h4,6-7,10,13H,5,8-9H2,1-3H3,(H,16,17). The van der Waals surface area contributed by atoms with Gasteiger partial charge in [-0.05, 0) is 44.6 Å². The SMILES string of the molecule is COc1cccc(C(CCCC(=O)O)N(C)C)c1. The van der Waals surface area contributed by atoms with E-state index in [1.807, 2.05) is 38.4 Å². The van der Waals surface area contributed by atoms with Crippen LogP contribution < -0.4 is 4.74 Å². The lowest BCUT2D eigenvalue weighted by Gasteiger charge is -2.25. The number of carboxylic acid groups (broad SMARTS) is 1. The van der Waals surface area contributed by atoms with E-state index in [2.05, 4.69) is 4.90 Å². The van der Waals surface area contributed by atoms with Crippen LogP contribution in [0.4, 0.5) is 0 Å². The summed E-state index contributed by atoms with van der Waals surface area (Å²) in [4.78, 5) is 12.7. The van der Waals surface area contributed by atoms with Gasteiger partial charge in [-0.15, -0.1) is 0 Å². The lowest BCUT2D eigenvalue weighted by molar-refractivity contribution is -0.137. The van der Waals surface area contributed by atoms with Crippen molar-refractivity contribution in [3.63, 3.8) is 0 Å². The van der Waals surface area contributed by atoms with Crippen LogP contribution in [0.5, 0.6) is 5.75 Å². The van der Waals surface area contributed by atoms with Crippen molar-refractivity contribution in [2.75, 3.05) is 21.2 Å². The highest BCUT2D eigenvalue weighted by atomic mass is 16.5. The number of hydrogen-bond acceptors (Lipinski definition) is 3. The van der Waals surface area contributed by atoms with Gasteiger partial charge in [0.25, 0.3) is 0 Å². The van der Waals surface area contributed by atoms with Crippen LogP contribution >= 0.6 is 0 Å². The molecule has 1 atom stereocenters. The van der Waals surface area contributed by atoms with Crippen LogP contribution in [0.2, 0.25) is 0 Å². The largest absolute Gasteiger partial charge is 0.497 e. The predicted octanol–water partition coefficient (Wildman–Crippen LogP) is 2.55. The Morgan fingerprint density at radius 2 is 2.17 bits per heavy atom. The Hall–Kier alpha value is -1.55. The minimum Gasteiger partial charge on any atom is -0.497 e. The van der Waals surface area contributed by atoms with E-state index in [1.54, 1.807) is 7.11 Å². The fourth-order valence-electron chi connectivity index (χ4n) is 2.02. The molecule has 1 rings (SSSR count). The normalized spacial score (nSPS) is 12.4. The molecule has 0 saturated heterocycles. The number of methoxy groups -OCH3 is 1. The van der Waals surface area contributed by atoms with E-state index in [1.165, 1.54) is 0 Å². The zero-order valence-corrected chi connectivity index (χ0v) is 11.2. The highest BCUT2D eigenvalue weighted by molar-refractivity contribution is 5.66. The van der Waals surface area contributed by atoms with Gasteiger partial charge in [-0.25, -0.2) is 0 Å². The highest BCUT2D eigenvalue weighted by Gasteiger charge is 2.15. The molecule has 0 bridgehead atoms. The van der Waals surface area contributed by atoms with E-state index in [-0.39, 0.29) is 12.5 Å². The lowest BCUT2D eigenvalue weighted by Crippen LogP contribution is -2.20. The van der Waals surface area contributed by atoms with Crippen LogP contribution in [0.1, 0.15) is 30.9 Å². The number of carboxylic acids is 1. The Balaban J connectivity index is 2.73. The van der Waals surface area contributed by atoms with E-state index in [0.29, 0.717) is 6.42 Å². The molecule has 1 N–H and O–H groups in total. The minimum absolute atomic E-state index is 0.217. The quantitative estimate of drug-likeness (QED) is 0.809. The molecular formula is C14H21NO3. The van der Waals surface area contributed by atoms with Gasteiger partial charge in [-0.3, -0.25) is 4.79 Å². The van der Waals surface area contributed by atoms with Gasteiger partial charge in [0, 0.05) is 12.5 Å². The molecule has 1 unspecified atom stereocenters. The Morgan fingerprint density at radius 1 is 1.44 bits per heavy atom. The maximum Gasteiger partial charge on any atom is 0.303 e. The van der Waals surface area contributed by atoms with Crippen molar-refractivity contribution < 1.29 is 14.6 Å². The Morgan fingerprint density at radius 3 is 2.72 bits per heavy atom. The first-order valence-electron chi connectivity index (χ1n) is 6.06. The van der Waals surface area contributed by atoms with Crippen LogP contribution in [0.15, 0.2) is 24.3 Å². The van der Waals surface area contributed by atoms with Gasteiger partial charge in [0.05, 0.1) is 7.11 Å². The molecule has 18 heavy (non-hydrogen) atoms. The smallest absolute Gasteiger partial charge is 0.303 e. The summed E-state index contributed by atoms with van der Waals surface area (Å²) < 4.78 is 5.21. The van der Waals surface area contributed by atoms with Gasteiger partial charge in [0.15, 0.2) is 0 Å². The Labute approximate surface area is 108 Å². The second-order valence-corrected chi connectivity index (χ2v) is 4.54. The third-order valence-electron chi connectivity index (χ3n) is 2.97. The second-order valence-electron chi connectivity index (χ2n) is 4.54. The maximum atomic E-state index is 10.6. The lowest BCUT2D eigenvalue weighted by atomic mass is 10.00. The molecule has 0 heterocycles. The zero-order chi connectivity index (χ0) is 13.5. The van der Waals surface area contributed by atoms with Gasteiger partial charge < -0.3 is 14.7 Å². The summed E-state index contributed by atoms with van der Waals surface area (Å²) in [5, 5.41) is 8.68. The average Bonchev–Trinajstić information content (AvgIpc) is 2.34. The van der Waals surface area contributed by atoms with E-state index in [9.17, 15) is 4.79 Å². The Kier molecular flexibility index (Phi) is 5.65. The fraction of sp³-hybridized carbons (Fsp3) is 0.500. The summed E-state index contributed by atoms with van der Waals surface area (Å²) in [6, 6.07) is 8.15. The monoisotopic (exact) mass is 251 g/mol. The van der Waals surface area contributed by atoms with Gasteiger partial charge in [-0.1, -0.05) is 12.1 Å². The third-order valence-corrected chi connectivity index (χ3v) is 2.97. The molecule has 0 amide bonds. The van der Waals surface area contributed by atoms with Crippen molar-refractivity contribution in [1.29, 1.82) is 0 Å². The second kappa shape index (κ2) is 7.01. The number of benzene rings is 1. The van der Waals surface area contributed by atoms with Crippen LogP contribution in [-0.2, 0) is 4.79 Å². The Bertz CT molecular complexity index is 390. The van der Waals surface area contributed by atoms with Crippen LogP contribution in [-0.4, -0.2) is 37.2 Å². The third kappa shape index (κ3) is 4.37. The number of ether oxygens (including phenoxy) is 1. The minimum atomic E-state index is -0.738. The zero-order valence-electron chi connectivity index (χ0n) is 11.2. The van der Waals surface area contributed by atoms with Gasteiger partial charge in [0.1, 0.15) is 5.75 Å². The summed E-state index contributed by atoms with van der Waals surface area (Å²) >= 11 is 0. The molecule has 0 spiro atoms. The number of hydrogen-bond donors (Lipinski definition) is 1. The summed E-state index contributed by atoms with van der Waals surface area (Å²) in [5.74, 6) is 0.0933. The number of carbonyl (C=O) groups is 1. The molecule has 0 aromatic heterocycles. The van der Waals surface area contributed by atoms with Crippen molar-refractivity contribution >= 4 is 5.97 Å². The molecule has 0 radical (unpaired) electrons. The maximum absolute atomic E-state index is 10.6. The molecule has 0 fully saturated rings. The van der Waals surface area contributed by atoms with E-state index in [0.717, 1.165) is 17.7 Å². The van der Waals surface area contributed by atoms with Crippen molar-refractivity contribution in [2.24, 2.45) is 0 Å². The average molecular weight is 251 g/mol. The molecule has 0 aliphatic rings. The molecule has 1 aromatic rings. The summed E-state index contributed by atoms with van der Waals surface area (Å²) in [6.45, 7) is 0. The highest BCUT2D eigenvalue weighted by Crippen LogP contribution is 2.26. The topological polar surface area (TPSA) is 49.8 Å². The predicted molar refractivity (Wildman–Crippen MR) is 70.9 cm³/mol. The van der Waals surface area contributed by atoms with Crippen molar-refractivity contribution in [2.45, 2.75) is 25.3 Å². The van der Waals surface area contributed by atoms with Crippen molar-refractivity contribution in [1.82, 2.24) is 4.90 Å². The van der Waals surface area contributed by atoms with E-state index in [4.69, 9.17) is 9.84 Å². The van der Waals surface area contributed by atoms with Crippen LogP contribution in [0.25, 0.3) is 0 Å². The van der Waals surface area contributed by atoms with Crippen LogP contribution in [0.3, 0.4) is 0 Å². The molecule has 4 nitrogen and oxygen atoms in total. The summed E-state index contributed by atoms with van der Waals surface area (Å²) in [5.41, 5.74) is 1.16. The summed E-state index contributed by atoms with van der Waals surface area (Å²) in [6.07, 6.45) is 1.72. The van der Waals surface area contributed by atoms with E-state index < -0.39 is 5.97 Å². The van der Waals surface area contributed by atoms with Gasteiger partial charge >= 0.3 is 5.97 Å². The first-order valence-corrected chi connectivity index (χ1v) is 6.06. The van der Waals surface area contributed by atoms with Gasteiger partial charge in [0.2, 0.25) is 0 Å². The number of nitrogens with zero attached hydrogens (tertiary/aromatic N) is 1. The molecular weight excluding hydrogens is 230 g/mol. The molecule has 0 aliphatic carbocycles. The van der Waals surface area contributed by atoms with Crippen molar-refractivity contribution in [3.8, 4) is 5.75 Å². The number of rotatable bonds is 7. The fourth-order valence-corrected chi connectivity index (χ4v) is 2.02. The molecule has 0 aliphatic heterocycles. The van der Waals surface area contributed by atoms with E-state index >= 15 is 0 Å². The molecule has 100 valence electrons. The molecule has 1 aromatic carbocycles. The molecule has 4 heteroatoms. The summed E-state index contributed by atoms with van der Waals surface area (Å²) in [7, 11) is 5.66. The van der Waals surface area contributed by atoms with Gasteiger partial charge in [-0.2, -0.15) is 0 Å². The molecule has 0 saturated carbocycles. The number of aliphatic carboxylic acids is 1. The first-order chi connectivity index (χ1) is 8.54. The first kappa shape index (κ1) is 14.5. The van der Waals surface area contributed by atoms with Crippen LogP contribution in [0, 0.1) is 0 Å².